The number of aromatic amines is 1. The second-order valence-corrected chi connectivity index (χ2v) is 16.7. The quantitative estimate of drug-likeness (QED) is 0.0764. The number of imidazole rings is 1. The number of carbonyl (C=O) groups excluding carboxylic acids is 6. The summed E-state index contributed by atoms with van der Waals surface area (Å²) in [5.41, 5.74) is 1.86. The standard InChI is InChI=1S/C44H59N9O9/c1-25(2)36(42(59)49-33(22-29-23-45-24-47-29)39(56)50-34(44(61)62)21-27-10-6-5-7-11-27)51-41(58)35-13-9-19-53(35)43(60)37(26(3)4)52-40(57)32(20-28-14-16-30(54)17-15-28)48-38(55)31-12-8-18-46-31/h5-7,10-11,14-17,23-26,31-37,46,54H,8-9,12-13,18-22H2,1-4H3,(H,45,47)(H,48,55)(H,49,59)(H,50,56)(H,51,58)(H,52,57)(H,61,62)/t31-,32-,33-,34-,35-,36-,37-/m0/s1. The summed E-state index contributed by atoms with van der Waals surface area (Å²) in [7, 11) is 0. The molecule has 6 amide bonds. The molecule has 2 aromatic carbocycles. The molecule has 0 aliphatic carbocycles. The van der Waals surface area contributed by atoms with Gasteiger partial charge in [0.05, 0.1) is 12.4 Å². The highest BCUT2D eigenvalue weighted by Gasteiger charge is 2.41. The van der Waals surface area contributed by atoms with Crippen LogP contribution in [0.15, 0.2) is 67.1 Å². The van der Waals surface area contributed by atoms with E-state index >= 15 is 0 Å². The number of carbonyl (C=O) groups is 7. The average molecular weight is 858 g/mol. The highest BCUT2D eigenvalue weighted by Crippen LogP contribution is 2.22. The lowest BCUT2D eigenvalue weighted by molar-refractivity contribution is -0.143. The van der Waals surface area contributed by atoms with Crippen molar-refractivity contribution in [1.29, 1.82) is 0 Å². The number of aromatic nitrogens is 2. The Balaban J connectivity index is 1.27. The molecule has 0 spiro atoms. The molecule has 2 aliphatic rings. The van der Waals surface area contributed by atoms with E-state index in [1.807, 2.05) is 0 Å². The maximum absolute atomic E-state index is 14.3. The monoisotopic (exact) mass is 857 g/mol. The number of H-pyrrole nitrogens is 1. The van der Waals surface area contributed by atoms with Crippen molar-refractivity contribution in [3.05, 3.63) is 83.9 Å². The van der Waals surface area contributed by atoms with Crippen LogP contribution in [-0.4, -0.2) is 122 Å². The third-order valence-electron chi connectivity index (χ3n) is 11.2. The van der Waals surface area contributed by atoms with Crippen LogP contribution < -0.4 is 31.9 Å². The van der Waals surface area contributed by atoms with Crippen molar-refractivity contribution < 1.29 is 43.8 Å². The van der Waals surface area contributed by atoms with Crippen LogP contribution in [0.2, 0.25) is 0 Å². The van der Waals surface area contributed by atoms with Gasteiger partial charge in [-0.25, -0.2) is 9.78 Å². The topological polar surface area (TPSA) is 264 Å². The molecule has 62 heavy (non-hydrogen) atoms. The number of amides is 6. The molecule has 0 unspecified atom stereocenters. The zero-order chi connectivity index (χ0) is 44.9. The number of benzene rings is 2. The Morgan fingerprint density at radius 3 is 1.95 bits per heavy atom. The summed E-state index contributed by atoms with van der Waals surface area (Å²) in [6.45, 7) is 7.85. The first-order valence-electron chi connectivity index (χ1n) is 21.2. The molecule has 0 saturated carbocycles. The summed E-state index contributed by atoms with van der Waals surface area (Å²) in [6.07, 6.45) is 5.13. The van der Waals surface area contributed by atoms with Gasteiger partial charge in [0.1, 0.15) is 42.0 Å². The highest BCUT2D eigenvalue weighted by atomic mass is 16.4. The second-order valence-electron chi connectivity index (χ2n) is 16.7. The lowest BCUT2D eigenvalue weighted by atomic mass is 9.99. The van der Waals surface area contributed by atoms with Gasteiger partial charge in [0.15, 0.2) is 0 Å². The number of rotatable bonds is 20. The SMILES string of the molecule is CC(C)[C@H](NC(=O)[C@@H]1CCCN1C(=O)[C@@H](NC(=O)[C@H](Cc1ccc(O)cc1)NC(=O)[C@@H]1CCCN1)C(C)C)C(=O)N[C@@H](Cc1cnc[nH]1)C(=O)N[C@@H](Cc1ccccc1)C(=O)O. The number of carboxylic acid groups (broad SMARTS) is 1. The van der Waals surface area contributed by atoms with Crippen LogP contribution in [0.3, 0.4) is 0 Å². The van der Waals surface area contributed by atoms with Crippen molar-refractivity contribution in [2.24, 2.45) is 11.8 Å². The van der Waals surface area contributed by atoms with E-state index in [-0.39, 0.29) is 37.5 Å². The van der Waals surface area contributed by atoms with Crippen molar-refractivity contribution in [2.75, 3.05) is 13.1 Å². The molecular formula is C44H59N9O9. The Morgan fingerprint density at radius 2 is 1.34 bits per heavy atom. The summed E-state index contributed by atoms with van der Waals surface area (Å²) in [6, 6.07) is 7.80. The molecule has 334 valence electrons. The van der Waals surface area contributed by atoms with Gasteiger partial charge in [-0.1, -0.05) is 70.2 Å². The Kier molecular flexibility index (Phi) is 16.6. The molecule has 7 atom stereocenters. The number of aromatic hydroxyl groups is 1. The van der Waals surface area contributed by atoms with Crippen LogP contribution in [0.25, 0.3) is 0 Å². The Bertz CT molecular complexity index is 2000. The fourth-order valence-corrected chi connectivity index (χ4v) is 7.70. The minimum absolute atomic E-state index is 0.00432. The third-order valence-corrected chi connectivity index (χ3v) is 11.2. The summed E-state index contributed by atoms with van der Waals surface area (Å²) in [5, 5.41) is 36.6. The van der Waals surface area contributed by atoms with Crippen molar-refractivity contribution in [3.63, 3.8) is 0 Å². The van der Waals surface area contributed by atoms with Crippen molar-refractivity contribution in [3.8, 4) is 5.75 Å². The first-order chi connectivity index (χ1) is 29.6. The number of hydrogen-bond acceptors (Lipinski definition) is 10. The molecule has 5 rings (SSSR count). The van der Waals surface area contributed by atoms with Gasteiger partial charge in [-0.15, -0.1) is 0 Å². The number of phenolic OH excluding ortho intramolecular Hbond substituents is 1. The number of nitrogens with zero attached hydrogens (tertiary/aromatic N) is 2. The Hall–Kier alpha value is -6.30. The number of carboxylic acids is 1. The van der Waals surface area contributed by atoms with E-state index in [0.717, 1.165) is 6.42 Å². The van der Waals surface area contributed by atoms with Gasteiger partial charge in [-0.2, -0.15) is 0 Å². The molecule has 18 heteroatoms. The van der Waals surface area contributed by atoms with Gasteiger partial charge in [-0.3, -0.25) is 28.8 Å². The molecule has 2 aliphatic heterocycles. The van der Waals surface area contributed by atoms with Crippen LogP contribution in [0.4, 0.5) is 0 Å². The van der Waals surface area contributed by atoms with Gasteiger partial charge in [0, 0.05) is 37.7 Å². The lowest BCUT2D eigenvalue weighted by Crippen LogP contribution is -2.61. The van der Waals surface area contributed by atoms with Gasteiger partial charge < -0.3 is 52.0 Å². The van der Waals surface area contributed by atoms with E-state index in [2.05, 4.69) is 41.9 Å². The molecule has 3 heterocycles. The normalized spacial score (nSPS) is 18.6. The molecule has 2 fully saturated rings. The molecule has 1 aromatic heterocycles. The van der Waals surface area contributed by atoms with Crippen molar-refractivity contribution >= 4 is 41.4 Å². The van der Waals surface area contributed by atoms with Gasteiger partial charge >= 0.3 is 5.97 Å². The first-order valence-corrected chi connectivity index (χ1v) is 21.2. The maximum atomic E-state index is 14.3. The molecule has 0 bridgehead atoms. The Morgan fingerprint density at radius 1 is 0.710 bits per heavy atom. The molecular weight excluding hydrogens is 799 g/mol. The minimum Gasteiger partial charge on any atom is -0.508 e. The summed E-state index contributed by atoms with van der Waals surface area (Å²) in [5.74, 6) is -5.57. The van der Waals surface area contributed by atoms with Gasteiger partial charge in [0.2, 0.25) is 35.4 Å². The largest absolute Gasteiger partial charge is 0.508 e. The smallest absolute Gasteiger partial charge is 0.326 e. The van der Waals surface area contributed by atoms with Gasteiger partial charge in [0.25, 0.3) is 0 Å². The van der Waals surface area contributed by atoms with Crippen LogP contribution >= 0.6 is 0 Å². The molecule has 2 saturated heterocycles. The molecule has 9 N–H and O–H groups in total. The van der Waals surface area contributed by atoms with Crippen LogP contribution in [0, 0.1) is 11.8 Å². The average Bonchev–Trinajstić information content (AvgIpc) is 4.06. The van der Waals surface area contributed by atoms with Crippen LogP contribution in [0.1, 0.15) is 70.2 Å². The van der Waals surface area contributed by atoms with E-state index in [9.17, 15) is 43.8 Å². The van der Waals surface area contributed by atoms with Crippen molar-refractivity contribution in [1.82, 2.24) is 46.8 Å². The van der Waals surface area contributed by atoms with Crippen LogP contribution in [0.5, 0.6) is 5.75 Å². The Labute approximate surface area is 360 Å². The van der Waals surface area contributed by atoms with Gasteiger partial charge in [-0.05, 0) is 67.3 Å². The van der Waals surface area contributed by atoms with Crippen molar-refractivity contribution in [2.45, 2.75) is 115 Å². The maximum Gasteiger partial charge on any atom is 0.326 e. The second kappa shape index (κ2) is 22.0. The van der Waals surface area contributed by atoms with E-state index in [0.29, 0.717) is 42.6 Å². The zero-order valence-electron chi connectivity index (χ0n) is 35.6. The fourth-order valence-electron chi connectivity index (χ4n) is 7.70. The summed E-state index contributed by atoms with van der Waals surface area (Å²) >= 11 is 0. The number of hydrogen-bond donors (Lipinski definition) is 9. The lowest BCUT2D eigenvalue weighted by Gasteiger charge is -2.33. The number of likely N-dealkylation sites (tertiary alicyclic amines) is 1. The van der Waals surface area contributed by atoms with E-state index in [4.69, 9.17) is 0 Å². The number of phenols is 1. The summed E-state index contributed by atoms with van der Waals surface area (Å²) < 4.78 is 0. The highest BCUT2D eigenvalue weighted by molar-refractivity contribution is 5.97. The molecule has 3 aromatic rings. The van der Waals surface area contributed by atoms with E-state index in [1.54, 1.807) is 70.2 Å². The van der Waals surface area contributed by atoms with E-state index < -0.39 is 89.6 Å². The fraction of sp³-hybridized carbons (Fsp3) is 0.500. The molecule has 0 radical (unpaired) electrons. The minimum atomic E-state index is -1.30. The zero-order valence-corrected chi connectivity index (χ0v) is 35.6. The van der Waals surface area contributed by atoms with Crippen LogP contribution in [-0.2, 0) is 52.8 Å². The number of aliphatic carboxylic acids is 1. The predicted octanol–water partition coefficient (Wildman–Crippen LogP) is 0.707. The third kappa shape index (κ3) is 12.9. The predicted molar refractivity (Wildman–Crippen MR) is 227 cm³/mol. The summed E-state index contributed by atoms with van der Waals surface area (Å²) in [4.78, 5) is 104. The number of nitrogens with one attached hydrogen (secondary N) is 7. The molecule has 18 nitrogen and oxygen atoms in total. The van der Waals surface area contributed by atoms with E-state index in [1.165, 1.54) is 29.6 Å². The first kappa shape index (κ1) is 46.8.